The highest BCUT2D eigenvalue weighted by molar-refractivity contribution is 8.00. The van der Waals surface area contributed by atoms with Crippen LogP contribution < -0.4 is 20.7 Å². The van der Waals surface area contributed by atoms with Gasteiger partial charge in [0, 0.05) is 21.8 Å². The van der Waals surface area contributed by atoms with E-state index >= 15 is 0 Å². The van der Waals surface area contributed by atoms with Crippen LogP contribution in [0.4, 0.5) is 11.4 Å². The number of carbonyl (C=O) groups is 3. The van der Waals surface area contributed by atoms with Gasteiger partial charge in [0.1, 0.15) is 11.4 Å². The first-order valence-electron chi connectivity index (χ1n) is 13.4. The molecule has 7 nitrogen and oxygen atoms in total. The highest BCUT2D eigenvalue weighted by Crippen LogP contribution is 2.27. The lowest BCUT2D eigenvalue weighted by Crippen LogP contribution is -2.30. The largest absolute Gasteiger partial charge is 0.497 e. The molecule has 0 heterocycles. The molecular weight excluding hydrogens is 546 g/mol. The molecule has 0 saturated carbocycles. The number of anilines is 2. The van der Waals surface area contributed by atoms with Gasteiger partial charge in [0.15, 0.2) is 0 Å². The summed E-state index contributed by atoms with van der Waals surface area (Å²) in [6.45, 7) is 5.82. The van der Waals surface area contributed by atoms with Gasteiger partial charge >= 0.3 is 0 Å². The summed E-state index contributed by atoms with van der Waals surface area (Å²) in [6.07, 6.45) is 1.59. The van der Waals surface area contributed by atoms with Crippen LogP contribution in [0.2, 0.25) is 0 Å². The van der Waals surface area contributed by atoms with Gasteiger partial charge in [-0.3, -0.25) is 14.4 Å². The molecule has 0 saturated heterocycles. The molecule has 214 valence electrons. The topological polar surface area (TPSA) is 96.5 Å². The molecule has 4 rings (SSSR count). The van der Waals surface area contributed by atoms with Gasteiger partial charge in [0.25, 0.3) is 11.8 Å². The van der Waals surface area contributed by atoms with Crippen molar-refractivity contribution < 1.29 is 19.1 Å². The van der Waals surface area contributed by atoms with Gasteiger partial charge in [-0.05, 0) is 98.1 Å². The molecule has 0 bridgehead atoms. The number of hydrogen-bond donors (Lipinski definition) is 3. The van der Waals surface area contributed by atoms with E-state index in [-0.39, 0.29) is 16.9 Å². The van der Waals surface area contributed by atoms with E-state index in [2.05, 4.69) is 22.0 Å². The van der Waals surface area contributed by atoms with Crippen LogP contribution >= 0.6 is 11.8 Å². The number of hydrogen-bond acceptors (Lipinski definition) is 5. The summed E-state index contributed by atoms with van der Waals surface area (Å²) < 4.78 is 5.30. The van der Waals surface area contributed by atoms with Crippen molar-refractivity contribution in [3.63, 3.8) is 0 Å². The van der Waals surface area contributed by atoms with Crippen molar-refractivity contribution in [1.29, 1.82) is 0 Å². The molecule has 0 aliphatic rings. The Morgan fingerprint density at radius 1 is 0.786 bits per heavy atom. The first-order valence-corrected chi connectivity index (χ1v) is 14.3. The third-order valence-corrected chi connectivity index (χ3v) is 7.29. The van der Waals surface area contributed by atoms with Crippen molar-refractivity contribution in [2.45, 2.75) is 30.9 Å². The Hall–Kier alpha value is -4.82. The molecule has 3 amide bonds. The highest BCUT2D eigenvalue weighted by Gasteiger charge is 2.18. The Kier molecular flexibility index (Phi) is 10.2. The molecule has 0 fully saturated rings. The summed E-state index contributed by atoms with van der Waals surface area (Å²) in [5.41, 5.74) is 4.62. The van der Waals surface area contributed by atoms with Gasteiger partial charge in [-0.15, -0.1) is 11.8 Å². The lowest BCUT2D eigenvalue weighted by atomic mass is 10.1. The van der Waals surface area contributed by atoms with Crippen LogP contribution in [0.5, 0.6) is 5.75 Å². The number of aryl methyl sites for hydroxylation is 2. The molecule has 8 heteroatoms. The van der Waals surface area contributed by atoms with Crippen LogP contribution in [-0.4, -0.2) is 30.1 Å². The molecule has 3 N–H and O–H groups in total. The number of thioether (sulfide) groups is 1. The lowest BCUT2D eigenvalue weighted by molar-refractivity contribution is -0.115. The first-order chi connectivity index (χ1) is 20.2. The maximum Gasteiger partial charge on any atom is 0.272 e. The van der Waals surface area contributed by atoms with Crippen molar-refractivity contribution in [2.75, 3.05) is 17.7 Å². The minimum absolute atomic E-state index is 0.0661. The zero-order chi connectivity index (χ0) is 30.1. The number of amides is 3. The van der Waals surface area contributed by atoms with Gasteiger partial charge in [0.2, 0.25) is 5.91 Å². The van der Waals surface area contributed by atoms with Crippen LogP contribution in [-0.2, 0) is 9.59 Å². The third kappa shape index (κ3) is 8.59. The van der Waals surface area contributed by atoms with Crippen LogP contribution in [0.1, 0.15) is 34.0 Å². The number of methoxy groups -OCH3 is 1. The molecule has 0 radical (unpaired) electrons. The summed E-state index contributed by atoms with van der Waals surface area (Å²) in [4.78, 5) is 40.1. The second kappa shape index (κ2) is 14.2. The smallest absolute Gasteiger partial charge is 0.272 e. The van der Waals surface area contributed by atoms with E-state index < -0.39 is 11.8 Å². The minimum atomic E-state index is -0.496. The second-order valence-corrected chi connectivity index (χ2v) is 11.2. The van der Waals surface area contributed by atoms with Crippen molar-refractivity contribution in [2.24, 2.45) is 0 Å². The highest BCUT2D eigenvalue weighted by atomic mass is 32.2. The molecule has 0 aliphatic carbocycles. The van der Waals surface area contributed by atoms with E-state index in [1.54, 1.807) is 73.8 Å². The Morgan fingerprint density at radius 3 is 2.21 bits per heavy atom. The van der Waals surface area contributed by atoms with E-state index in [0.29, 0.717) is 22.6 Å². The molecule has 0 aliphatic heterocycles. The molecule has 1 atom stereocenters. The molecular formula is C34H33N3O4S. The number of benzene rings is 4. The van der Waals surface area contributed by atoms with Crippen molar-refractivity contribution >= 4 is 46.9 Å². The summed E-state index contributed by atoms with van der Waals surface area (Å²) in [5.74, 6) is -0.400. The number of nitrogens with one attached hydrogen (secondary N) is 3. The molecule has 4 aromatic carbocycles. The maximum atomic E-state index is 13.4. The van der Waals surface area contributed by atoms with E-state index in [1.807, 2.05) is 51.1 Å². The normalized spacial score (nSPS) is 11.8. The molecule has 42 heavy (non-hydrogen) atoms. The Morgan fingerprint density at radius 2 is 1.50 bits per heavy atom. The maximum absolute atomic E-state index is 13.4. The zero-order valence-corrected chi connectivity index (χ0v) is 24.8. The Bertz CT molecular complexity index is 1600. The van der Waals surface area contributed by atoms with Gasteiger partial charge in [-0.25, -0.2) is 0 Å². The zero-order valence-electron chi connectivity index (χ0n) is 23.9. The SMILES string of the molecule is COc1cccc(/C=C(\NC(=O)c2ccccc2)C(=O)Nc2cccc(SC(C)C(=O)Nc3cc(C)cc(C)c3)c2)c1. The Balaban J connectivity index is 1.49. The molecule has 0 spiro atoms. The van der Waals surface area contributed by atoms with Crippen molar-refractivity contribution in [3.05, 3.63) is 125 Å². The summed E-state index contributed by atoms with van der Waals surface area (Å²) >= 11 is 1.38. The Labute approximate surface area is 250 Å². The quantitative estimate of drug-likeness (QED) is 0.141. The lowest BCUT2D eigenvalue weighted by Gasteiger charge is -2.15. The third-order valence-electron chi connectivity index (χ3n) is 6.20. The fourth-order valence-electron chi connectivity index (χ4n) is 4.23. The number of rotatable bonds is 10. The van der Waals surface area contributed by atoms with Gasteiger partial charge in [0.05, 0.1) is 12.4 Å². The van der Waals surface area contributed by atoms with E-state index in [4.69, 9.17) is 4.74 Å². The predicted molar refractivity (Wildman–Crippen MR) is 170 cm³/mol. The summed E-state index contributed by atoms with van der Waals surface area (Å²) in [7, 11) is 1.56. The van der Waals surface area contributed by atoms with Crippen molar-refractivity contribution in [1.82, 2.24) is 5.32 Å². The average Bonchev–Trinajstić information content (AvgIpc) is 2.97. The van der Waals surface area contributed by atoms with Crippen LogP contribution in [0.25, 0.3) is 6.08 Å². The van der Waals surface area contributed by atoms with Gasteiger partial charge in [-0.2, -0.15) is 0 Å². The van der Waals surface area contributed by atoms with Crippen LogP contribution in [0.15, 0.2) is 108 Å². The van der Waals surface area contributed by atoms with Crippen LogP contribution in [0.3, 0.4) is 0 Å². The fourth-order valence-corrected chi connectivity index (χ4v) is 5.16. The summed E-state index contributed by atoms with van der Waals surface area (Å²) in [5, 5.41) is 8.22. The van der Waals surface area contributed by atoms with Gasteiger partial charge in [-0.1, -0.05) is 42.5 Å². The van der Waals surface area contributed by atoms with Crippen LogP contribution in [0, 0.1) is 13.8 Å². The molecule has 4 aromatic rings. The minimum Gasteiger partial charge on any atom is -0.497 e. The standard InChI is InChI=1S/C34H33N3O4S/c1-22-16-23(2)18-28(17-22)36-32(38)24(3)42-30-15-9-13-27(21-30)35-34(40)31(20-25-10-8-14-29(19-25)41-4)37-33(39)26-11-6-5-7-12-26/h5-21,24H,1-4H3,(H,35,40)(H,36,38)(H,37,39)/b31-20-. The molecule has 1 unspecified atom stereocenters. The number of carbonyl (C=O) groups excluding carboxylic acids is 3. The summed E-state index contributed by atoms with van der Waals surface area (Å²) in [6, 6.07) is 29.0. The molecule has 0 aromatic heterocycles. The monoisotopic (exact) mass is 579 g/mol. The van der Waals surface area contributed by atoms with Crippen molar-refractivity contribution in [3.8, 4) is 5.75 Å². The second-order valence-electron chi connectivity index (χ2n) is 9.76. The fraction of sp³-hybridized carbons (Fsp3) is 0.147. The van der Waals surface area contributed by atoms with E-state index in [9.17, 15) is 14.4 Å². The first kappa shape index (κ1) is 30.1. The average molecular weight is 580 g/mol. The number of ether oxygens (including phenoxy) is 1. The van der Waals surface area contributed by atoms with E-state index in [0.717, 1.165) is 21.7 Å². The van der Waals surface area contributed by atoms with E-state index in [1.165, 1.54) is 11.8 Å². The van der Waals surface area contributed by atoms with Gasteiger partial charge < -0.3 is 20.7 Å². The predicted octanol–water partition coefficient (Wildman–Crippen LogP) is 6.84.